The molecule has 1 aromatic heterocycles. The summed E-state index contributed by atoms with van der Waals surface area (Å²) in [4.78, 5) is 21.3. The Bertz CT molecular complexity index is 545. The Labute approximate surface area is 144 Å². The zero-order valence-corrected chi connectivity index (χ0v) is 14.8. The molecule has 0 aromatic carbocycles. The summed E-state index contributed by atoms with van der Waals surface area (Å²) in [5, 5.41) is 10.9. The van der Waals surface area contributed by atoms with E-state index in [2.05, 4.69) is 23.7 Å². The average molecular weight is 331 g/mol. The normalized spacial score (nSPS) is 22.8. The van der Waals surface area contributed by atoms with Gasteiger partial charge in [-0.1, -0.05) is 6.07 Å². The molecule has 0 radical (unpaired) electrons. The number of rotatable bonds is 3. The second kappa shape index (κ2) is 7.19. The van der Waals surface area contributed by atoms with Crippen LogP contribution < -0.4 is 0 Å². The molecule has 24 heavy (non-hydrogen) atoms. The van der Waals surface area contributed by atoms with Gasteiger partial charge in [0.2, 0.25) is 5.91 Å². The number of piperidine rings is 2. The molecule has 0 unspecified atom stereocenters. The summed E-state index contributed by atoms with van der Waals surface area (Å²) >= 11 is 0. The van der Waals surface area contributed by atoms with Gasteiger partial charge >= 0.3 is 0 Å². The Morgan fingerprint density at radius 1 is 1.25 bits per heavy atom. The van der Waals surface area contributed by atoms with Gasteiger partial charge < -0.3 is 14.9 Å². The van der Waals surface area contributed by atoms with E-state index in [1.165, 1.54) is 0 Å². The first-order chi connectivity index (χ1) is 11.5. The van der Waals surface area contributed by atoms with Crippen molar-refractivity contribution >= 4 is 5.91 Å². The predicted octanol–water partition coefficient (Wildman–Crippen LogP) is 2.01. The lowest BCUT2D eigenvalue weighted by molar-refractivity contribution is -0.141. The molecule has 1 amide bonds. The van der Waals surface area contributed by atoms with Crippen LogP contribution in [0.4, 0.5) is 0 Å². The van der Waals surface area contributed by atoms with Crippen LogP contribution in [0.5, 0.6) is 0 Å². The van der Waals surface area contributed by atoms with Crippen LogP contribution in [0.3, 0.4) is 0 Å². The smallest absolute Gasteiger partial charge is 0.225 e. The molecule has 0 aliphatic carbocycles. The first kappa shape index (κ1) is 17.4. The molecule has 2 aliphatic rings. The van der Waals surface area contributed by atoms with Crippen molar-refractivity contribution in [3.05, 3.63) is 30.1 Å². The summed E-state index contributed by atoms with van der Waals surface area (Å²) in [6.07, 6.45) is 6.56. The Morgan fingerprint density at radius 2 is 1.92 bits per heavy atom. The standard InChI is InChI=1S/C19H29N3O2/c1-15(2)21-10-5-16(6-11-21)18(23)22-12-7-19(24,8-13-22)17-4-3-9-20-14-17/h3-4,9,14-16,24H,5-8,10-13H2,1-2H3. The maximum atomic E-state index is 12.8. The predicted molar refractivity (Wildman–Crippen MR) is 93.4 cm³/mol. The third-order valence-electron chi connectivity index (χ3n) is 5.71. The van der Waals surface area contributed by atoms with Gasteiger partial charge in [-0.05, 0) is 58.7 Å². The third kappa shape index (κ3) is 3.62. The molecule has 3 heterocycles. The highest BCUT2D eigenvalue weighted by Crippen LogP contribution is 2.33. The molecule has 2 aliphatic heterocycles. The van der Waals surface area contributed by atoms with Gasteiger partial charge in [0.15, 0.2) is 0 Å². The van der Waals surface area contributed by atoms with E-state index in [0.29, 0.717) is 32.0 Å². The van der Waals surface area contributed by atoms with Gasteiger partial charge in [0, 0.05) is 43.0 Å². The van der Waals surface area contributed by atoms with Gasteiger partial charge in [-0.15, -0.1) is 0 Å². The molecule has 0 atom stereocenters. The minimum atomic E-state index is -0.841. The van der Waals surface area contributed by atoms with Crippen molar-refractivity contribution in [2.45, 2.75) is 51.2 Å². The zero-order chi connectivity index (χ0) is 17.2. The highest BCUT2D eigenvalue weighted by Gasteiger charge is 2.37. The number of likely N-dealkylation sites (tertiary alicyclic amines) is 2. The molecule has 2 saturated heterocycles. The molecule has 132 valence electrons. The second-order valence-electron chi connectivity index (χ2n) is 7.50. The molecule has 0 bridgehead atoms. The summed E-state index contributed by atoms with van der Waals surface area (Å²) in [6.45, 7) is 7.73. The minimum Gasteiger partial charge on any atom is -0.385 e. The second-order valence-corrected chi connectivity index (χ2v) is 7.50. The van der Waals surface area contributed by atoms with Crippen LogP contribution in [0, 0.1) is 5.92 Å². The Kier molecular flexibility index (Phi) is 5.21. The van der Waals surface area contributed by atoms with Crippen LogP contribution in [0.15, 0.2) is 24.5 Å². The Hall–Kier alpha value is -1.46. The molecule has 1 N–H and O–H groups in total. The monoisotopic (exact) mass is 331 g/mol. The van der Waals surface area contributed by atoms with E-state index in [9.17, 15) is 9.90 Å². The van der Waals surface area contributed by atoms with E-state index in [-0.39, 0.29) is 11.8 Å². The topological polar surface area (TPSA) is 56.7 Å². The highest BCUT2D eigenvalue weighted by atomic mass is 16.3. The quantitative estimate of drug-likeness (QED) is 0.920. The van der Waals surface area contributed by atoms with E-state index in [1.54, 1.807) is 12.4 Å². The average Bonchev–Trinajstić information content (AvgIpc) is 2.62. The van der Waals surface area contributed by atoms with Crippen molar-refractivity contribution < 1.29 is 9.90 Å². The molecule has 0 saturated carbocycles. The number of carbonyl (C=O) groups excluding carboxylic acids is 1. The van der Waals surface area contributed by atoms with Gasteiger partial charge in [-0.25, -0.2) is 0 Å². The fraction of sp³-hybridized carbons (Fsp3) is 0.684. The van der Waals surface area contributed by atoms with E-state index in [1.807, 2.05) is 17.0 Å². The lowest BCUT2D eigenvalue weighted by Crippen LogP contribution is -2.49. The number of carbonyl (C=O) groups is 1. The highest BCUT2D eigenvalue weighted by molar-refractivity contribution is 5.79. The zero-order valence-electron chi connectivity index (χ0n) is 14.8. The first-order valence-electron chi connectivity index (χ1n) is 9.15. The number of amides is 1. The summed E-state index contributed by atoms with van der Waals surface area (Å²) in [6, 6.07) is 4.34. The van der Waals surface area contributed by atoms with Crippen molar-refractivity contribution in [2.75, 3.05) is 26.2 Å². The lowest BCUT2D eigenvalue weighted by atomic mass is 9.84. The SMILES string of the molecule is CC(C)N1CCC(C(=O)N2CCC(O)(c3cccnc3)CC2)CC1. The maximum absolute atomic E-state index is 12.8. The third-order valence-corrected chi connectivity index (χ3v) is 5.71. The van der Waals surface area contributed by atoms with Crippen LogP contribution in [0.25, 0.3) is 0 Å². The molecule has 2 fully saturated rings. The van der Waals surface area contributed by atoms with Gasteiger partial charge in [0.1, 0.15) is 0 Å². The van der Waals surface area contributed by atoms with Gasteiger partial charge in [0.25, 0.3) is 0 Å². The number of aromatic nitrogens is 1. The molecular weight excluding hydrogens is 302 g/mol. The van der Waals surface area contributed by atoms with Crippen LogP contribution >= 0.6 is 0 Å². The minimum absolute atomic E-state index is 0.157. The molecule has 0 spiro atoms. The molecule has 3 rings (SSSR count). The Balaban J connectivity index is 1.54. The molecule has 5 heteroatoms. The van der Waals surface area contributed by atoms with Crippen molar-refractivity contribution in [3.63, 3.8) is 0 Å². The number of hydrogen-bond acceptors (Lipinski definition) is 4. The summed E-state index contributed by atoms with van der Waals surface area (Å²) in [5.41, 5.74) is 0.0221. The van der Waals surface area contributed by atoms with Crippen molar-refractivity contribution in [1.29, 1.82) is 0 Å². The van der Waals surface area contributed by atoms with E-state index >= 15 is 0 Å². The summed E-state index contributed by atoms with van der Waals surface area (Å²) < 4.78 is 0. The van der Waals surface area contributed by atoms with Gasteiger partial charge in [-0.2, -0.15) is 0 Å². The maximum Gasteiger partial charge on any atom is 0.225 e. The summed E-state index contributed by atoms with van der Waals surface area (Å²) in [7, 11) is 0. The van der Waals surface area contributed by atoms with Gasteiger partial charge in [-0.3, -0.25) is 9.78 Å². The Morgan fingerprint density at radius 3 is 2.46 bits per heavy atom. The molecule has 1 aromatic rings. The number of pyridine rings is 1. The van der Waals surface area contributed by atoms with Crippen molar-refractivity contribution in [3.8, 4) is 0 Å². The van der Waals surface area contributed by atoms with Crippen LogP contribution in [0.2, 0.25) is 0 Å². The van der Waals surface area contributed by atoms with Crippen LogP contribution in [-0.4, -0.2) is 58.0 Å². The summed E-state index contributed by atoms with van der Waals surface area (Å²) in [5.74, 6) is 0.441. The van der Waals surface area contributed by atoms with Crippen molar-refractivity contribution in [2.24, 2.45) is 5.92 Å². The van der Waals surface area contributed by atoms with Gasteiger partial charge in [0.05, 0.1) is 5.60 Å². The molecular formula is C19H29N3O2. The van der Waals surface area contributed by atoms with Crippen LogP contribution in [0.1, 0.15) is 45.1 Å². The van der Waals surface area contributed by atoms with E-state index in [0.717, 1.165) is 31.5 Å². The van der Waals surface area contributed by atoms with E-state index < -0.39 is 5.60 Å². The largest absolute Gasteiger partial charge is 0.385 e. The fourth-order valence-corrected chi connectivity index (χ4v) is 3.94. The number of hydrogen-bond donors (Lipinski definition) is 1. The molecule has 5 nitrogen and oxygen atoms in total. The van der Waals surface area contributed by atoms with Crippen molar-refractivity contribution in [1.82, 2.24) is 14.8 Å². The van der Waals surface area contributed by atoms with E-state index in [4.69, 9.17) is 0 Å². The fourth-order valence-electron chi connectivity index (χ4n) is 3.94. The van der Waals surface area contributed by atoms with Crippen LogP contribution in [-0.2, 0) is 10.4 Å². The number of nitrogens with zero attached hydrogens (tertiary/aromatic N) is 3. The lowest BCUT2D eigenvalue weighted by Gasteiger charge is -2.41. The number of aliphatic hydroxyl groups is 1. The first-order valence-corrected chi connectivity index (χ1v) is 9.15.